The monoisotopic (exact) mass is 430 g/mol. The molecule has 28 heavy (non-hydrogen) atoms. The molecule has 11 heteroatoms. The average molecular weight is 431 g/mol. The van der Waals surface area contributed by atoms with Crippen molar-refractivity contribution in [1.29, 1.82) is 5.41 Å². The molecule has 0 radical (unpaired) electrons. The third kappa shape index (κ3) is 6.55. The van der Waals surface area contributed by atoms with Gasteiger partial charge in [0.25, 0.3) is 0 Å². The van der Waals surface area contributed by atoms with Crippen LogP contribution in [0.25, 0.3) is 16.7 Å². The second-order valence-electron chi connectivity index (χ2n) is 5.03. The number of anilines is 1. The highest BCUT2D eigenvalue weighted by Gasteiger charge is 2.29. The van der Waals surface area contributed by atoms with Gasteiger partial charge in [-0.05, 0) is 42.3 Å². The predicted molar refractivity (Wildman–Crippen MR) is 111 cm³/mol. The Kier molecular flexibility index (Phi) is 8.97. The zero-order chi connectivity index (χ0) is 21.3. The molecule has 150 valence electrons. The standard InChI is InChI=1S/C11H12ClN5S.C6H6F3N/c1-15-7-4-5-16-11-6(7)2-3-8(17-11)9(13)10(12)18-14;1-5(3-2-4-10)6(7,8)9/h2-5H,13-14H2,1H3,(H,15,16,17);2-4,10H,1H2/b10-9-;3-2-,10-4?. The lowest BCUT2D eigenvalue weighted by atomic mass is 10.2. The first-order valence-electron chi connectivity index (χ1n) is 7.54. The number of allylic oxidation sites excluding steroid dienone is 3. The van der Waals surface area contributed by atoms with Crippen LogP contribution >= 0.6 is 23.5 Å². The molecule has 2 heterocycles. The molecule has 2 aromatic rings. The fraction of sp³-hybridized carbons (Fsp3) is 0.118. The number of alkyl halides is 3. The van der Waals surface area contributed by atoms with Gasteiger partial charge in [0.1, 0.15) is 4.36 Å². The maximum atomic E-state index is 11.5. The fourth-order valence-corrected chi connectivity index (χ4v) is 2.15. The van der Waals surface area contributed by atoms with Gasteiger partial charge >= 0.3 is 6.18 Å². The maximum absolute atomic E-state index is 11.5. The minimum absolute atomic E-state index is 0.312. The number of rotatable bonds is 5. The number of halogens is 4. The number of hydrogen-bond donors (Lipinski definition) is 4. The fourth-order valence-electron chi connectivity index (χ4n) is 1.82. The molecule has 0 unspecified atom stereocenters. The van der Waals surface area contributed by atoms with Gasteiger partial charge in [-0.1, -0.05) is 18.2 Å². The first-order valence-corrected chi connectivity index (χ1v) is 8.80. The van der Waals surface area contributed by atoms with E-state index in [1.54, 1.807) is 12.3 Å². The molecule has 0 aliphatic carbocycles. The van der Waals surface area contributed by atoms with Crippen molar-refractivity contribution in [3.05, 3.63) is 58.8 Å². The van der Waals surface area contributed by atoms with Gasteiger partial charge in [0.15, 0.2) is 5.65 Å². The van der Waals surface area contributed by atoms with E-state index in [9.17, 15) is 13.2 Å². The van der Waals surface area contributed by atoms with Crippen LogP contribution in [-0.4, -0.2) is 29.4 Å². The number of pyridine rings is 2. The Labute approximate surface area is 169 Å². The van der Waals surface area contributed by atoms with Crippen LogP contribution in [0.15, 0.2) is 53.1 Å². The van der Waals surface area contributed by atoms with Crippen molar-refractivity contribution in [1.82, 2.24) is 9.97 Å². The molecular weight excluding hydrogens is 413 g/mol. The van der Waals surface area contributed by atoms with Crippen molar-refractivity contribution in [2.45, 2.75) is 6.18 Å². The molecule has 6 nitrogen and oxygen atoms in total. The van der Waals surface area contributed by atoms with Gasteiger partial charge in [-0.15, -0.1) is 0 Å². The zero-order valence-electron chi connectivity index (χ0n) is 14.7. The van der Waals surface area contributed by atoms with Crippen molar-refractivity contribution < 1.29 is 13.2 Å². The number of fused-ring (bicyclic) bond motifs is 1. The Morgan fingerprint density at radius 1 is 1.36 bits per heavy atom. The zero-order valence-corrected chi connectivity index (χ0v) is 16.3. The Morgan fingerprint density at radius 3 is 2.57 bits per heavy atom. The topological polar surface area (TPSA) is 114 Å². The molecule has 0 amide bonds. The smallest absolute Gasteiger partial charge is 0.395 e. The highest BCUT2D eigenvalue weighted by molar-refractivity contribution is 8.02. The van der Waals surface area contributed by atoms with Crippen LogP contribution in [0.5, 0.6) is 0 Å². The molecule has 0 aliphatic rings. The first-order chi connectivity index (χ1) is 13.1. The van der Waals surface area contributed by atoms with Crippen LogP contribution in [0.3, 0.4) is 0 Å². The van der Waals surface area contributed by atoms with Gasteiger partial charge in [0.2, 0.25) is 0 Å². The van der Waals surface area contributed by atoms with E-state index < -0.39 is 11.7 Å². The van der Waals surface area contributed by atoms with Crippen LogP contribution in [-0.2, 0) is 0 Å². The van der Waals surface area contributed by atoms with Crippen LogP contribution < -0.4 is 16.2 Å². The largest absolute Gasteiger partial charge is 0.415 e. The Balaban J connectivity index is 0.000000336. The maximum Gasteiger partial charge on any atom is 0.415 e. The van der Waals surface area contributed by atoms with Crippen molar-refractivity contribution in [2.75, 3.05) is 12.4 Å². The van der Waals surface area contributed by atoms with Crippen molar-refractivity contribution >= 4 is 52.2 Å². The summed E-state index contributed by atoms with van der Waals surface area (Å²) in [7, 11) is 1.85. The van der Waals surface area contributed by atoms with Gasteiger partial charge in [0.05, 0.1) is 11.4 Å². The summed E-state index contributed by atoms with van der Waals surface area (Å²) in [5, 5.41) is 15.7. The van der Waals surface area contributed by atoms with Gasteiger partial charge < -0.3 is 16.5 Å². The quantitative estimate of drug-likeness (QED) is 0.317. The van der Waals surface area contributed by atoms with Crippen molar-refractivity contribution in [2.24, 2.45) is 10.9 Å². The molecule has 0 saturated heterocycles. The molecule has 0 saturated carbocycles. The van der Waals surface area contributed by atoms with Gasteiger partial charge in [-0.3, -0.25) is 5.14 Å². The molecule has 0 fully saturated rings. The third-order valence-corrected chi connectivity index (χ3v) is 4.12. The van der Waals surface area contributed by atoms with Crippen molar-refractivity contribution in [3.63, 3.8) is 0 Å². The van der Waals surface area contributed by atoms with Gasteiger partial charge in [-0.25, -0.2) is 9.97 Å². The Morgan fingerprint density at radius 2 is 2.04 bits per heavy atom. The van der Waals surface area contributed by atoms with Crippen LogP contribution in [0.2, 0.25) is 0 Å². The number of nitrogens with two attached hydrogens (primary N) is 2. The number of nitrogens with one attached hydrogen (secondary N) is 2. The minimum atomic E-state index is -4.38. The average Bonchev–Trinajstić information content (AvgIpc) is 2.69. The summed E-state index contributed by atoms with van der Waals surface area (Å²) in [6, 6.07) is 5.57. The molecule has 2 aromatic heterocycles. The minimum Gasteiger partial charge on any atom is -0.395 e. The second-order valence-corrected chi connectivity index (χ2v) is 6.28. The summed E-state index contributed by atoms with van der Waals surface area (Å²) in [4.78, 5) is 8.57. The highest BCUT2D eigenvalue weighted by atomic mass is 35.5. The molecule has 0 atom stereocenters. The van der Waals surface area contributed by atoms with E-state index in [0.717, 1.165) is 41.4 Å². The van der Waals surface area contributed by atoms with Gasteiger partial charge in [0, 0.05) is 36.1 Å². The van der Waals surface area contributed by atoms with Crippen LogP contribution in [0.1, 0.15) is 5.69 Å². The summed E-state index contributed by atoms with van der Waals surface area (Å²) < 4.78 is 35.0. The highest BCUT2D eigenvalue weighted by Crippen LogP contribution is 2.25. The predicted octanol–water partition coefficient (Wildman–Crippen LogP) is 4.41. The Bertz CT molecular complexity index is 911. The normalized spacial score (nSPS) is 12.2. The van der Waals surface area contributed by atoms with Gasteiger partial charge in [-0.2, -0.15) is 13.2 Å². The lowest BCUT2D eigenvalue weighted by Gasteiger charge is -2.07. The summed E-state index contributed by atoms with van der Waals surface area (Å²) in [6.45, 7) is 2.75. The van der Waals surface area contributed by atoms with E-state index in [2.05, 4.69) is 21.9 Å². The molecule has 0 aromatic carbocycles. The molecular formula is C17H18ClF3N6S. The number of nitrogens with zero attached hydrogens (tertiary/aromatic N) is 2. The van der Waals surface area contributed by atoms with E-state index in [4.69, 9.17) is 27.9 Å². The molecule has 6 N–H and O–H groups in total. The van der Waals surface area contributed by atoms with Crippen LogP contribution in [0.4, 0.5) is 18.9 Å². The summed E-state index contributed by atoms with van der Waals surface area (Å²) in [5.41, 5.74) is 7.38. The van der Waals surface area contributed by atoms with E-state index in [0.29, 0.717) is 21.4 Å². The Hall–Kier alpha value is -2.56. The third-order valence-electron chi connectivity index (χ3n) is 3.22. The molecule has 2 rings (SSSR count). The summed E-state index contributed by atoms with van der Waals surface area (Å²) >= 11 is 6.77. The molecule has 0 spiro atoms. The van der Waals surface area contributed by atoms with Crippen LogP contribution in [0, 0.1) is 5.41 Å². The summed E-state index contributed by atoms with van der Waals surface area (Å²) in [6.07, 6.45) is -0.219. The number of hydrogen-bond acceptors (Lipinski definition) is 7. The SMILES string of the molecule is C=C(/C=C\C=N)C(F)(F)F.CNc1ccnc2nc(/C(N)=C(\Cl)SN)ccc12. The van der Waals surface area contributed by atoms with E-state index >= 15 is 0 Å². The summed E-state index contributed by atoms with van der Waals surface area (Å²) in [5.74, 6) is 0. The first kappa shape index (κ1) is 23.5. The van der Waals surface area contributed by atoms with E-state index in [-0.39, 0.29) is 0 Å². The van der Waals surface area contributed by atoms with E-state index in [1.807, 2.05) is 19.2 Å². The molecule has 0 aliphatic heterocycles. The number of aromatic nitrogens is 2. The lowest BCUT2D eigenvalue weighted by molar-refractivity contribution is -0.0877. The lowest BCUT2D eigenvalue weighted by Crippen LogP contribution is -2.08. The van der Waals surface area contributed by atoms with E-state index in [1.165, 1.54) is 0 Å². The second kappa shape index (κ2) is 10.7. The van der Waals surface area contributed by atoms with Crippen molar-refractivity contribution in [3.8, 4) is 0 Å². The molecule has 0 bridgehead atoms.